The van der Waals surface area contributed by atoms with Gasteiger partial charge in [0, 0.05) is 6.42 Å². The Morgan fingerprint density at radius 3 is 1.14 bits per heavy atom. The van der Waals surface area contributed by atoms with Crippen LogP contribution < -0.4 is 5.32 Å². The molecule has 2 unspecified atom stereocenters. The molecule has 4 nitrogen and oxygen atoms in total. The van der Waals surface area contributed by atoms with Crippen molar-refractivity contribution in [1.82, 2.24) is 5.32 Å². The van der Waals surface area contributed by atoms with Crippen molar-refractivity contribution in [3.8, 4) is 0 Å². The van der Waals surface area contributed by atoms with E-state index in [1.54, 1.807) is 0 Å². The summed E-state index contributed by atoms with van der Waals surface area (Å²) in [5.74, 6) is -0.0334. The molecule has 3 N–H and O–H groups in total. The maximum absolute atomic E-state index is 12.4. The molecule has 0 saturated carbocycles. The molecular weight excluding hydrogens is 711 g/mol. The minimum absolute atomic E-state index is 0.0334. The number of nitrogens with one attached hydrogen (secondary N) is 1. The van der Waals surface area contributed by atoms with Gasteiger partial charge in [0.1, 0.15) is 0 Å². The second-order valence-corrected chi connectivity index (χ2v) is 16.9. The molecule has 0 aromatic carbocycles. The summed E-state index contributed by atoms with van der Waals surface area (Å²) in [5, 5.41) is 23.1. The van der Waals surface area contributed by atoms with E-state index in [9.17, 15) is 15.0 Å². The number of aliphatic hydroxyl groups excluding tert-OH is 2. The second kappa shape index (κ2) is 49.2. The Morgan fingerprint density at radius 2 is 0.759 bits per heavy atom. The van der Waals surface area contributed by atoms with Gasteiger partial charge in [0.05, 0.1) is 18.8 Å². The van der Waals surface area contributed by atoms with E-state index < -0.39 is 12.1 Å². The topological polar surface area (TPSA) is 69.6 Å². The molecule has 0 rings (SSSR count). The summed E-state index contributed by atoms with van der Waals surface area (Å²) >= 11 is 0. The summed E-state index contributed by atoms with van der Waals surface area (Å²) in [4.78, 5) is 12.4. The number of allylic oxidation sites excluding steroid dienone is 12. The standard InChI is InChI=1S/C54H97NO3/c1-3-5-7-9-11-13-15-16-17-18-19-20-21-22-23-24-25-26-27-28-29-30-31-32-33-34-35-36-37-38-40-42-44-46-48-50-54(58)55-52(51-56)53(57)49-47-45-43-41-39-14-12-10-8-6-4-2/h5,7,11,13,16-17,19-20,22-23,25-26,52-53,56-57H,3-4,6,8-10,12,14-15,18,21,24,27-51H2,1-2H3,(H,55,58)/b7-5-,13-11-,17-16-,20-19-,23-22-,26-25-. The van der Waals surface area contributed by atoms with Crippen LogP contribution in [0.5, 0.6) is 0 Å². The molecular formula is C54H97NO3. The van der Waals surface area contributed by atoms with Crippen LogP contribution in [0.1, 0.15) is 245 Å². The first-order valence-corrected chi connectivity index (χ1v) is 25.1. The van der Waals surface area contributed by atoms with Crippen LogP contribution >= 0.6 is 0 Å². The first-order chi connectivity index (χ1) is 28.7. The van der Waals surface area contributed by atoms with E-state index in [2.05, 4.69) is 92.1 Å². The van der Waals surface area contributed by atoms with Crippen LogP contribution in [0.4, 0.5) is 0 Å². The van der Waals surface area contributed by atoms with E-state index >= 15 is 0 Å². The molecule has 1 amide bonds. The molecule has 0 aliphatic carbocycles. The van der Waals surface area contributed by atoms with Crippen molar-refractivity contribution in [3.63, 3.8) is 0 Å². The summed E-state index contributed by atoms with van der Waals surface area (Å²) in [7, 11) is 0. The summed E-state index contributed by atoms with van der Waals surface area (Å²) in [5.41, 5.74) is 0. The minimum Gasteiger partial charge on any atom is -0.394 e. The van der Waals surface area contributed by atoms with Gasteiger partial charge in [-0.25, -0.2) is 0 Å². The van der Waals surface area contributed by atoms with E-state index in [0.29, 0.717) is 12.8 Å². The number of aliphatic hydroxyl groups is 2. The van der Waals surface area contributed by atoms with Crippen molar-refractivity contribution in [2.75, 3.05) is 6.61 Å². The van der Waals surface area contributed by atoms with Crippen LogP contribution in [0, 0.1) is 0 Å². The van der Waals surface area contributed by atoms with Gasteiger partial charge < -0.3 is 15.5 Å². The lowest BCUT2D eigenvalue weighted by molar-refractivity contribution is -0.123. The minimum atomic E-state index is -0.659. The Bertz CT molecular complexity index is 1010. The van der Waals surface area contributed by atoms with Crippen molar-refractivity contribution < 1.29 is 15.0 Å². The molecule has 0 bridgehead atoms. The molecule has 0 spiro atoms. The summed E-state index contributed by atoms with van der Waals surface area (Å²) < 4.78 is 0. The molecule has 0 fully saturated rings. The molecule has 4 heteroatoms. The quantitative estimate of drug-likeness (QED) is 0.0424. The molecule has 2 atom stereocenters. The highest BCUT2D eigenvalue weighted by molar-refractivity contribution is 5.76. The van der Waals surface area contributed by atoms with E-state index in [4.69, 9.17) is 0 Å². The molecule has 0 aromatic heterocycles. The van der Waals surface area contributed by atoms with Gasteiger partial charge in [0.2, 0.25) is 5.91 Å². The molecule has 0 aliphatic rings. The maximum atomic E-state index is 12.4. The van der Waals surface area contributed by atoms with Crippen LogP contribution in [-0.2, 0) is 4.79 Å². The SMILES string of the molecule is CC/C=C\C/C=C\C/C=C\C/C=C\C/C=C\C/C=C\CCCCCCCCCCCCCCCCCCC(=O)NC(CO)C(O)CCCCCCCCCCCCC. The van der Waals surface area contributed by atoms with Gasteiger partial charge in [-0.1, -0.05) is 247 Å². The third-order valence-corrected chi connectivity index (χ3v) is 11.2. The molecule has 0 radical (unpaired) electrons. The first kappa shape index (κ1) is 55.8. The predicted octanol–water partition coefficient (Wildman–Crippen LogP) is 16.2. The smallest absolute Gasteiger partial charge is 0.220 e. The van der Waals surface area contributed by atoms with Crippen molar-refractivity contribution in [1.29, 1.82) is 0 Å². The normalized spacial score (nSPS) is 13.5. The molecule has 58 heavy (non-hydrogen) atoms. The van der Waals surface area contributed by atoms with Crippen molar-refractivity contribution >= 4 is 5.91 Å². The van der Waals surface area contributed by atoms with Gasteiger partial charge in [-0.15, -0.1) is 0 Å². The van der Waals surface area contributed by atoms with E-state index in [-0.39, 0.29) is 12.5 Å². The van der Waals surface area contributed by atoms with Crippen molar-refractivity contribution in [3.05, 3.63) is 72.9 Å². The monoisotopic (exact) mass is 808 g/mol. The lowest BCUT2D eigenvalue weighted by atomic mass is 10.0. The Hall–Kier alpha value is -2.17. The molecule has 336 valence electrons. The number of hydrogen-bond acceptors (Lipinski definition) is 3. The highest BCUT2D eigenvalue weighted by Crippen LogP contribution is 2.16. The fourth-order valence-electron chi connectivity index (χ4n) is 7.42. The van der Waals surface area contributed by atoms with Crippen LogP contribution in [0.15, 0.2) is 72.9 Å². The highest BCUT2D eigenvalue weighted by atomic mass is 16.3. The summed E-state index contributed by atoms with van der Waals surface area (Å²) in [6.07, 6.45) is 70.1. The third-order valence-electron chi connectivity index (χ3n) is 11.2. The van der Waals surface area contributed by atoms with Gasteiger partial charge in [-0.05, 0) is 64.2 Å². The lowest BCUT2D eigenvalue weighted by Gasteiger charge is -2.22. The number of hydrogen-bond donors (Lipinski definition) is 3. The first-order valence-electron chi connectivity index (χ1n) is 25.1. The largest absolute Gasteiger partial charge is 0.394 e. The van der Waals surface area contributed by atoms with Crippen LogP contribution in [0.3, 0.4) is 0 Å². The second-order valence-electron chi connectivity index (χ2n) is 16.9. The van der Waals surface area contributed by atoms with Gasteiger partial charge in [-0.3, -0.25) is 4.79 Å². The van der Waals surface area contributed by atoms with Crippen LogP contribution in [0.25, 0.3) is 0 Å². The Kier molecular flexibility index (Phi) is 47.4. The molecule has 0 saturated heterocycles. The highest BCUT2D eigenvalue weighted by Gasteiger charge is 2.20. The van der Waals surface area contributed by atoms with Crippen molar-refractivity contribution in [2.24, 2.45) is 0 Å². The Labute approximate surface area is 361 Å². The number of carbonyl (C=O) groups is 1. The average Bonchev–Trinajstić information content (AvgIpc) is 3.23. The van der Waals surface area contributed by atoms with E-state index in [1.165, 1.54) is 154 Å². The average molecular weight is 808 g/mol. The third kappa shape index (κ3) is 44.9. The Balaban J connectivity index is 3.46. The fourth-order valence-corrected chi connectivity index (χ4v) is 7.42. The Morgan fingerprint density at radius 1 is 0.431 bits per heavy atom. The molecule has 0 aromatic rings. The molecule has 0 aliphatic heterocycles. The summed E-state index contributed by atoms with van der Waals surface area (Å²) in [6, 6.07) is -0.536. The van der Waals surface area contributed by atoms with E-state index in [0.717, 1.165) is 64.2 Å². The predicted molar refractivity (Wildman–Crippen MR) is 257 cm³/mol. The number of amides is 1. The zero-order chi connectivity index (χ0) is 42.1. The van der Waals surface area contributed by atoms with Crippen LogP contribution in [0.2, 0.25) is 0 Å². The molecule has 0 heterocycles. The van der Waals surface area contributed by atoms with Gasteiger partial charge >= 0.3 is 0 Å². The van der Waals surface area contributed by atoms with Gasteiger partial charge in [-0.2, -0.15) is 0 Å². The maximum Gasteiger partial charge on any atom is 0.220 e. The van der Waals surface area contributed by atoms with Gasteiger partial charge in [0.25, 0.3) is 0 Å². The lowest BCUT2D eigenvalue weighted by Crippen LogP contribution is -2.45. The zero-order valence-electron chi connectivity index (χ0n) is 38.5. The zero-order valence-corrected chi connectivity index (χ0v) is 38.5. The van der Waals surface area contributed by atoms with Crippen molar-refractivity contribution in [2.45, 2.75) is 257 Å². The number of unbranched alkanes of at least 4 members (excludes halogenated alkanes) is 26. The number of carbonyl (C=O) groups excluding carboxylic acids is 1. The van der Waals surface area contributed by atoms with Crippen LogP contribution in [-0.4, -0.2) is 34.9 Å². The number of rotatable bonds is 45. The van der Waals surface area contributed by atoms with E-state index in [1.807, 2.05) is 0 Å². The summed E-state index contributed by atoms with van der Waals surface area (Å²) in [6.45, 7) is 4.23. The van der Waals surface area contributed by atoms with Gasteiger partial charge in [0.15, 0.2) is 0 Å². The fraction of sp³-hybridized carbons (Fsp3) is 0.759.